The highest BCUT2D eigenvalue weighted by atomic mass is 32.2. The first-order chi connectivity index (χ1) is 13.9. The average molecular weight is 416 g/mol. The van der Waals surface area contributed by atoms with E-state index in [4.69, 9.17) is 5.73 Å². The zero-order valence-electron chi connectivity index (χ0n) is 15.5. The molecule has 1 aliphatic rings. The van der Waals surface area contributed by atoms with E-state index in [0.717, 1.165) is 5.56 Å². The summed E-state index contributed by atoms with van der Waals surface area (Å²) in [6.07, 6.45) is 3.09. The quantitative estimate of drug-likeness (QED) is 0.540. The van der Waals surface area contributed by atoms with Crippen LogP contribution in [0.4, 0.5) is 0 Å². The molecule has 11 heteroatoms. The Balaban J connectivity index is 1.49. The molecule has 3 heterocycles. The molecule has 3 aromatic rings. The van der Waals surface area contributed by atoms with Crippen molar-refractivity contribution in [2.45, 2.75) is 11.4 Å². The predicted octanol–water partition coefficient (Wildman–Crippen LogP) is -0.143. The summed E-state index contributed by atoms with van der Waals surface area (Å²) < 4.78 is 27.3. The zero-order chi connectivity index (χ0) is 20.6. The second kappa shape index (κ2) is 7.43. The summed E-state index contributed by atoms with van der Waals surface area (Å²) in [7, 11) is -3.74. The highest BCUT2D eigenvalue weighted by Crippen LogP contribution is 2.21. The predicted molar refractivity (Wildman–Crippen MR) is 106 cm³/mol. The average Bonchev–Trinajstić information content (AvgIpc) is 3.12. The number of aromatic amines is 2. The van der Waals surface area contributed by atoms with Crippen LogP contribution < -0.4 is 11.4 Å². The Hall–Kier alpha value is -3.02. The topological polar surface area (TPSA) is 145 Å². The summed E-state index contributed by atoms with van der Waals surface area (Å²) in [6.45, 7) is 1.19. The van der Waals surface area contributed by atoms with E-state index < -0.39 is 15.7 Å². The first-order valence-electron chi connectivity index (χ1n) is 9.04. The minimum atomic E-state index is -3.74. The zero-order valence-corrected chi connectivity index (χ0v) is 16.3. The molecule has 0 radical (unpaired) electrons. The van der Waals surface area contributed by atoms with Gasteiger partial charge in [0.15, 0.2) is 0 Å². The van der Waals surface area contributed by atoms with Gasteiger partial charge in [-0.2, -0.15) is 4.31 Å². The molecule has 1 aromatic carbocycles. The lowest BCUT2D eigenvalue weighted by Crippen LogP contribution is -2.50. The summed E-state index contributed by atoms with van der Waals surface area (Å²) in [4.78, 5) is 35.0. The highest BCUT2D eigenvalue weighted by molar-refractivity contribution is 7.89. The molecule has 10 nitrogen and oxygen atoms in total. The van der Waals surface area contributed by atoms with Gasteiger partial charge in [-0.25, -0.2) is 13.2 Å². The maximum absolute atomic E-state index is 13.0. The molecule has 2 aromatic heterocycles. The number of nitrogens with zero attached hydrogens (tertiary/aromatic N) is 3. The molecule has 0 spiro atoms. The van der Waals surface area contributed by atoms with Crippen LogP contribution in [0.3, 0.4) is 0 Å². The molecule has 1 saturated heterocycles. The van der Waals surface area contributed by atoms with Crippen LogP contribution in [0.1, 0.15) is 15.9 Å². The summed E-state index contributed by atoms with van der Waals surface area (Å²) >= 11 is 0. The molecule has 4 N–H and O–H groups in total. The minimum absolute atomic E-state index is 0.0971. The Bertz CT molecular complexity index is 1220. The molecule has 0 unspecified atom stereocenters. The lowest BCUT2D eigenvalue weighted by atomic mass is 10.2. The molecule has 1 fully saturated rings. The molecular formula is C18H20N6O4S. The van der Waals surface area contributed by atoms with Crippen LogP contribution in [-0.4, -0.2) is 64.7 Å². The van der Waals surface area contributed by atoms with Crippen LogP contribution >= 0.6 is 0 Å². The Morgan fingerprint density at radius 1 is 1.07 bits per heavy atom. The van der Waals surface area contributed by atoms with Gasteiger partial charge < -0.3 is 20.6 Å². The number of nitrogens with two attached hydrogens (primary N) is 1. The molecule has 4 rings (SSSR count). The number of carbonyl (C=O) groups excluding carboxylic acids is 1. The second-order valence-electron chi connectivity index (χ2n) is 6.77. The molecule has 29 heavy (non-hydrogen) atoms. The third kappa shape index (κ3) is 3.67. The van der Waals surface area contributed by atoms with Gasteiger partial charge >= 0.3 is 5.69 Å². The Morgan fingerprint density at radius 2 is 1.79 bits per heavy atom. The number of hydrogen-bond acceptors (Lipinski definition) is 6. The largest absolute Gasteiger partial charge is 0.336 e. The maximum Gasteiger partial charge on any atom is 0.323 e. The van der Waals surface area contributed by atoms with Crippen LogP contribution in [0, 0.1) is 0 Å². The van der Waals surface area contributed by atoms with Crippen molar-refractivity contribution in [3.05, 3.63) is 58.3 Å². The van der Waals surface area contributed by atoms with E-state index in [1.54, 1.807) is 23.2 Å². The first kappa shape index (κ1) is 19.3. The number of pyridine rings is 1. The minimum Gasteiger partial charge on any atom is -0.336 e. The van der Waals surface area contributed by atoms with Gasteiger partial charge in [0.05, 0.1) is 21.5 Å². The monoisotopic (exact) mass is 416 g/mol. The third-order valence-electron chi connectivity index (χ3n) is 4.93. The van der Waals surface area contributed by atoms with Gasteiger partial charge in [0.1, 0.15) is 0 Å². The number of fused-ring (bicyclic) bond motifs is 1. The van der Waals surface area contributed by atoms with Crippen molar-refractivity contribution in [2.24, 2.45) is 5.73 Å². The van der Waals surface area contributed by atoms with Crippen molar-refractivity contribution < 1.29 is 13.2 Å². The van der Waals surface area contributed by atoms with Gasteiger partial charge in [-0.05, 0) is 29.8 Å². The van der Waals surface area contributed by atoms with Gasteiger partial charge in [0.25, 0.3) is 5.91 Å². The molecule has 0 saturated carbocycles. The fourth-order valence-corrected chi connectivity index (χ4v) is 4.80. The van der Waals surface area contributed by atoms with Crippen molar-refractivity contribution in [3.63, 3.8) is 0 Å². The van der Waals surface area contributed by atoms with Crippen molar-refractivity contribution in [2.75, 3.05) is 26.2 Å². The van der Waals surface area contributed by atoms with Gasteiger partial charge in [-0.1, -0.05) is 0 Å². The number of piperazine rings is 1. The van der Waals surface area contributed by atoms with Crippen molar-refractivity contribution in [3.8, 4) is 0 Å². The standard InChI is InChI=1S/C18H20N6O4S/c19-9-12-7-13(11-20-10-12)17(25)23-3-5-24(6-4-23)29(27,28)14-1-2-15-16(8-14)22-18(26)21-15/h1-2,7-8,10-11H,3-6,9,19H2,(H2,21,22,26). The van der Waals surface area contributed by atoms with E-state index in [1.165, 1.54) is 22.6 Å². The summed E-state index contributed by atoms with van der Waals surface area (Å²) in [6, 6.07) is 6.15. The summed E-state index contributed by atoms with van der Waals surface area (Å²) in [5.74, 6) is -0.198. The van der Waals surface area contributed by atoms with Crippen LogP contribution in [0.2, 0.25) is 0 Å². The number of H-pyrrole nitrogens is 2. The number of imidazole rings is 1. The number of sulfonamides is 1. The van der Waals surface area contributed by atoms with Crippen LogP contribution in [-0.2, 0) is 16.6 Å². The van der Waals surface area contributed by atoms with E-state index in [1.807, 2.05) is 0 Å². The fourth-order valence-electron chi connectivity index (χ4n) is 3.35. The second-order valence-corrected chi connectivity index (χ2v) is 8.71. The normalized spacial score (nSPS) is 15.7. The van der Waals surface area contributed by atoms with E-state index >= 15 is 0 Å². The van der Waals surface area contributed by atoms with Gasteiger partial charge in [-0.15, -0.1) is 0 Å². The fraction of sp³-hybridized carbons (Fsp3) is 0.278. The molecule has 0 atom stereocenters. The first-order valence-corrected chi connectivity index (χ1v) is 10.5. The number of benzene rings is 1. The van der Waals surface area contributed by atoms with Crippen molar-refractivity contribution in [1.29, 1.82) is 0 Å². The number of aromatic nitrogens is 3. The number of amides is 1. The Morgan fingerprint density at radius 3 is 2.52 bits per heavy atom. The lowest BCUT2D eigenvalue weighted by molar-refractivity contribution is 0.0697. The van der Waals surface area contributed by atoms with E-state index in [0.29, 0.717) is 16.6 Å². The number of rotatable bonds is 4. The van der Waals surface area contributed by atoms with Crippen molar-refractivity contribution in [1.82, 2.24) is 24.2 Å². The van der Waals surface area contributed by atoms with Gasteiger partial charge in [-0.3, -0.25) is 9.78 Å². The Kier molecular flexibility index (Phi) is 4.94. The molecule has 0 bridgehead atoms. The third-order valence-corrected chi connectivity index (χ3v) is 6.82. The van der Waals surface area contributed by atoms with E-state index in [-0.39, 0.29) is 43.5 Å². The molecule has 1 aliphatic heterocycles. The van der Waals surface area contributed by atoms with Gasteiger partial charge in [0.2, 0.25) is 10.0 Å². The van der Waals surface area contributed by atoms with Crippen LogP contribution in [0.5, 0.6) is 0 Å². The van der Waals surface area contributed by atoms with Crippen LogP contribution in [0.15, 0.2) is 46.3 Å². The molecule has 1 amide bonds. The van der Waals surface area contributed by atoms with Crippen LogP contribution in [0.25, 0.3) is 11.0 Å². The SMILES string of the molecule is NCc1cncc(C(=O)N2CCN(S(=O)(=O)c3ccc4[nH]c(=O)[nH]c4c3)CC2)c1. The highest BCUT2D eigenvalue weighted by Gasteiger charge is 2.30. The van der Waals surface area contributed by atoms with E-state index in [9.17, 15) is 18.0 Å². The summed E-state index contributed by atoms with van der Waals surface area (Å²) in [5.41, 5.74) is 7.36. The molecular weight excluding hydrogens is 396 g/mol. The lowest BCUT2D eigenvalue weighted by Gasteiger charge is -2.34. The van der Waals surface area contributed by atoms with E-state index in [2.05, 4.69) is 15.0 Å². The molecule has 152 valence electrons. The number of carbonyl (C=O) groups is 1. The molecule has 0 aliphatic carbocycles. The van der Waals surface area contributed by atoms with Gasteiger partial charge in [0, 0.05) is 45.1 Å². The number of hydrogen-bond donors (Lipinski definition) is 3. The van der Waals surface area contributed by atoms with Crippen molar-refractivity contribution >= 4 is 27.0 Å². The maximum atomic E-state index is 13.0. The Labute approximate surface area is 166 Å². The number of nitrogens with one attached hydrogen (secondary N) is 2. The summed E-state index contributed by atoms with van der Waals surface area (Å²) in [5, 5.41) is 0. The smallest absolute Gasteiger partial charge is 0.323 e.